The highest BCUT2D eigenvalue weighted by molar-refractivity contribution is 9.10. The Balaban J connectivity index is 1.38. The Bertz CT molecular complexity index is 1150. The molecule has 1 aromatic heterocycles. The van der Waals surface area contributed by atoms with Gasteiger partial charge in [-0.25, -0.2) is 0 Å². The van der Waals surface area contributed by atoms with Crippen LogP contribution in [0.4, 0.5) is 5.69 Å². The molecule has 0 aliphatic carbocycles. The van der Waals surface area contributed by atoms with E-state index >= 15 is 0 Å². The van der Waals surface area contributed by atoms with Crippen LogP contribution in [0.25, 0.3) is 11.6 Å². The number of aryl methyl sites for hydroxylation is 1. The smallest absolute Gasteiger partial charge is 0.256 e. The molecule has 0 saturated carbocycles. The van der Waals surface area contributed by atoms with E-state index in [1.807, 2.05) is 31.2 Å². The van der Waals surface area contributed by atoms with E-state index in [2.05, 4.69) is 31.1 Å². The molecule has 0 spiro atoms. The van der Waals surface area contributed by atoms with Gasteiger partial charge in [0.05, 0.1) is 17.2 Å². The molecule has 0 bridgehead atoms. The molecule has 8 heteroatoms. The van der Waals surface area contributed by atoms with Gasteiger partial charge in [0.1, 0.15) is 0 Å². The first-order valence-electron chi connectivity index (χ1n) is 12.1. The highest BCUT2D eigenvalue weighted by Crippen LogP contribution is 2.36. The van der Waals surface area contributed by atoms with Gasteiger partial charge in [0.2, 0.25) is 0 Å². The summed E-state index contributed by atoms with van der Waals surface area (Å²) in [5.74, 6) is -0.186. The van der Waals surface area contributed by atoms with Gasteiger partial charge in [0, 0.05) is 46.7 Å². The molecule has 3 aliphatic rings. The molecule has 1 fully saturated rings. The van der Waals surface area contributed by atoms with Gasteiger partial charge in [-0.1, -0.05) is 22.4 Å². The maximum atomic E-state index is 13.5. The van der Waals surface area contributed by atoms with Crippen molar-refractivity contribution >= 4 is 45.1 Å². The van der Waals surface area contributed by atoms with Crippen LogP contribution in [0.2, 0.25) is 0 Å². The molecule has 1 atom stereocenters. The normalized spacial score (nSPS) is 20.8. The average molecular weight is 527 g/mol. The highest BCUT2D eigenvalue weighted by Gasteiger charge is 2.30. The number of anilines is 1. The number of H-pyrrole nitrogens is 1. The van der Waals surface area contributed by atoms with Crippen LogP contribution in [-0.2, 0) is 11.2 Å². The number of amides is 2. The number of benzene rings is 1. The summed E-state index contributed by atoms with van der Waals surface area (Å²) in [6, 6.07) is 5.71. The summed E-state index contributed by atoms with van der Waals surface area (Å²) in [6.45, 7) is 5.58. The summed E-state index contributed by atoms with van der Waals surface area (Å²) >= 11 is 3.48. The lowest BCUT2D eigenvalue weighted by atomic mass is 10.0. The first-order valence-corrected chi connectivity index (χ1v) is 12.9. The van der Waals surface area contributed by atoms with Crippen LogP contribution in [0, 0.1) is 6.92 Å². The fourth-order valence-corrected chi connectivity index (χ4v) is 5.74. The Morgan fingerprint density at radius 2 is 1.91 bits per heavy atom. The highest BCUT2D eigenvalue weighted by atomic mass is 79.9. The van der Waals surface area contributed by atoms with Crippen LogP contribution in [0.3, 0.4) is 0 Å². The Morgan fingerprint density at radius 3 is 2.71 bits per heavy atom. The number of nitrogens with zero attached hydrogens (tertiary/aromatic N) is 2. The van der Waals surface area contributed by atoms with Crippen LogP contribution in [0.5, 0.6) is 0 Å². The quantitative estimate of drug-likeness (QED) is 0.516. The number of aliphatic hydroxyl groups is 1. The predicted octanol–water partition coefficient (Wildman–Crippen LogP) is 3.81. The number of rotatable bonds is 5. The van der Waals surface area contributed by atoms with Crippen molar-refractivity contribution in [1.82, 2.24) is 14.8 Å². The van der Waals surface area contributed by atoms with E-state index in [-0.39, 0.29) is 11.8 Å². The van der Waals surface area contributed by atoms with Crippen molar-refractivity contribution in [2.24, 2.45) is 0 Å². The second kappa shape index (κ2) is 9.68. The molecular formula is C26H31BrN4O3. The largest absolute Gasteiger partial charge is 0.390 e. The van der Waals surface area contributed by atoms with E-state index in [1.165, 1.54) is 19.3 Å². The zero-order valence-corrected chi connectivity index (χ0v) is 21.1. The molecule has 3 aliphatic heterocycles. The number of aromatic amines is 1. The average Bonchev–Trinajstić information content (AvgIpc) is 3.23. The molecule has 34 heavy (non-hydrogen) atoms. The van der Waals surface area contributed by atoms with E-state index < -0.39 is 6.10 Å². The van der Waals surface area contributed by atoms with Gasteiger partial charge >= 0.3 is 0 Å². The number of fused-ring (bicyclic) bond motifs is 2. The van der Waals surface area contributed by atoms with Crippen LogP contribution in [0.1, 0.15) is 58.6 Å². The van der Waals surface area contributed by atoms with Crippen LogP contribution >= 0.6 is 15.9 Å². The number of aliphatic hydroxyl groups excluding tert-OH is 1. The van der Waals surface area contributed by atoms with Gasteiger partial charge in [-0.05, 0) is 75.5 Å². The monoisotopic (exact) mass is 526 g/mol. The lowest BCUT2D eigenvalue weighted by molar-refractivity contribution is -0.110. The third-order valence-electron chi connectivity index (χ3n) is 7.12. The summed E-state index contributed by atoms with van der Waals surface area (Å²) in [5.41, 5.74) is 5.44. The third-order valence-corrected chi connectivity index (χ3v) is 7.62. The van der Waals surface area contributed by atoms with E-state index in [9.17, 15) is 14.7 Å². The molecule has 0 radical (unpaired) electrons. The molecule has 1 aromatic carbocycles. The van der Waals surface area contributed by atoms with Crippen molar-refractivity contribution < 1.29 is 14.7 Å². The summed E-state index contributed by atoms with van der Waals surface area (Å²) < 4.78 is 0.904. The number of hydrogen-bond donors (Lipinski definition) is 3. The molecule has 4 heterocycles. The van der Waals surface area contributed by atoms with Crippen molar-refractivity contribution in [3.8, 4) is 0 Å². The minimum Gasteiger partial charge on any atom is -0.390 e. The van der Waals surface area contributed by atoms with Crippen LogP contribution in [0.15, 0.2) is 22.7 Å². The zero-order chi connectivity index (χ0) is 23.8. The summed E-state index contributed by atoms with van der Waals surface area (Å²) in [5, 5.41) is 13.6. The zero-order valence-electron chi connectivity index (χ0n) is 19.5. The molecule has 5 rings (SSSR count). The van der Waals surface area contributed by atoms with Gasteiger partial charge in [0.15, 0.2) is 0 Å². The first kappa shape index (κ1) is 23.3. The number of carbonyl (C=O) groups is 2. The van der Waals surface area contributed by atoms with E-state index in [1.54, 1.807) is 4.90 Å². The molecule has 0 unspecified atom stereocenters. The summed E-state index contributed by atoms with van der Waals surface area (Å²) in [4.78, 5) is 33.7. The predicted molar refractivity (Wildman–Crippen MR) is 137 cm³/mol. The maximum Gasteiger partial charge on any atom is 0.256 e. The van der Waals surface area contributed by atoms with Gasteiger partial charge < -0.3 is 25.2 Å². The second-order valence-electron chi connectivity index (χ2n) is 9.59. The molecule has 180 valence electrons. The lowest BCUT2D eigenvalue weighted by Crippen LogP contribution is -2.44. The first-order chi connectivity index (χ1) is 16.4. The third kappa shape index (κ3) is 4.59. The number of β-amino-alcohol motifs (C(OH)–C–C–N with tert-alkyl or cyclic N) is 1. The summed E-state index contributed by atoms with van der Waals surface area (Å²) in [7, 11) is 0. The van der Waals surface area contributed by atoms with Crippen molar-refractivity contribution in [3.05, 3.63) is 50.8 Å². The fraction of sp³-hybridized carbons (Fsp3) is 0.462. The number of aromatic nitrogens is 1. The van der Waals surface area contributed by atoms with Gasteiger partial charge in [-0.3, -0.25) is 9.59 Å². The molecular weight excluding hydrogens is 496 g/mol. The minimum atomic E-state index is -0.554. The lowest BCUT2D eigenvalue weighted by Gasteiger charge is -2.31. The molecule has 2 amide bonds. The standard InChI is InChI=1S/C26H31BrN4O3/c1-16-23(13-20-19-12-17(27)7-8-21(19)29-25(20)33)28-22-6-5-11-31(26(34)24(16)22)15-18(32)14-30-9-3-2-4-10-30/h7-8,12-13,18,28,32H,2-6,9-11,14-15H2,1H3,(H,29,33)/b20-13-/t18-/m0/s1. The second-order valence-corrected chi connectivity index (χ2v) is 10.5. The van der Waals surface area contributed by atoms with Crippen molar-refractivity contribution in [3.63, 3.8) is 0 Å². The Kier molecular flexibility index (Phi) is 6.64. The number of halogens is 1. The van der Waals surface area contributed by atoms with Crippen molar-refractivity contribution in [2.45, 2.75) is 45.1 Å². The Hall–Kier alpha value is -2.42. The van der Waals surface area contributed by atoms with Gasteiger partial charge in [-0.15, -0.1) is 0 Å². The number of piperidine rings is 1. The van der Waals surface area contributed by atoms with Crippen LogP contribution < -0.4 is 5.32 Å². The SMILES string of the molecule is Cc1c(/C=C2\C(=O)Nc3ccc(Br)cc32)[nH]c2c1C(=O)N(C[C@@H](O)CN1CCCCC1)CCC2. The maximum absolute atomic E-state index is 13.5. The number of likely N-dealkylation sites (tertiary alicyclic amines) is 1. The van der Waals surface area contributed by atoms with E-state index in [4.69, 9.17) is 0 Å². The molecule has 1 saturated heterocycles. The molecule has 2 aromatic rings. The molecule has 3 N–H and O–H groups in total. The number of hydrogen-bond acceptors (Lipinski definition) is 4. The Labute approximate surface area is 208 Å². The van der Waals surface area contributed by atoms with Gasteiger partial charge in [0.25, 0.3) is 11.8 Å². The van der Waals surface area contributed by atoms with Crippen molar-refractivity contribution in [1.29, 1.82) is 0 Å². The van der Waals surface area contributed by atoms with E-state index in [0.717, 1.165) is 58.6 Å². The van der Waals surface area contributed by atoms with Crippen LogP contribution in [-0.4, -0.2) is 70.5 Å². The van der Waals surface area contributed by atoms with Gasteiger partial charge in [-0.2, -0.15) is 0 Å². The number of nitrogens with one attached hydrogen (secondary N) is 2. The van der Waals surface area contributed by atoms with E-state index in [0.29, 0.717) is 30.8 Å². The van der Waals surface area contributed by atoms with Crippen molar-refractivity contribution in [2.75, 3.05) is 38.0 Å². The fourth-order valence-electron chi connectivity index (χ4n) is 5.38. The summed E-state index contributed by atoms with van der Waals surface area (Å²) in [6.07, 6.45) is 6.51. The topological polar surface area (TPSA) is 88.7 Å². The molecule has 7 nitrogen and oxygen atoms in total. The Morgan fingerprint density at radius 1 is 1.12 bits per heavy atom. The minimum absolute atomic E-state index is 0.0392. The number of carbonyl (C=O) groups excluding carboxylic acids is 2.